The van der Waals surface area contributed by atoms with Crippen molar-refractivity contribution in [3.8, 4) is 11.5 Å². The summed E-state index contributed by atoms with van der Waals surface area (Å²) in [4.78, 5) is 0. The van der Waals surface area contributed by atoms with Gasteiger partial charge in [-0.05, 0) is 43.1 Å². The van der Waals surface area contributed by atoms with E-state index in [1.165, 1.54) is 12.3 Å². The number of ether oxygens (including phenoxy) is 1. The van der Waals surface area contributed by atoms with Crippen LogP contribution in [0.15, 0.2) is 23.3 Å². The van der Waals surface area contributed by atoms with Gasteiger partial charge in [-0.1, -0.05) is 33.8 Å². The van der Waals surface area contributed by atoms with Crippen LogP contribution < -0.4 is 5.46 Å². The summed E-state index contributed by atoms with van der Waals surface area (Å²) < 4.78 is 12.0. The zero-order valence-corrected chi connectivity index (χ0v) is 17.2. The van der Waals surface area contributed by atoms with Crippen molar-refractivity contribution in [2.75, 3.05) is 0 Å². The van der Waals surface area contributed by atoms with Crippen LogP contribution in [0.3, 0.4) is 0 Å². The van der Waals surface area contributed by atoms with Gasteiger partial charge in [-0.15, -0.1) is 0 Å². The fourth-order valence-electron chi connectivity index (χ4n) is 6.13. The molecule has 0 saturated heterocycles. The van der Waals surface area contributed by atoms with Crippen molar-refractivity contribution < 1.29 is 29.4 Å². The second-order valence-corrected chi connectivity index (χ2v) is 9.43. The Labute approximate surface area is 170 Å². The van der Waals surface area contributed by atoms with E-state index >= 15 is 0 Å². The first kappa shape index (κ1) is 20.2. The van der Waals surface area contributed by atoms with Crippen molar-refractivity contribution in [3.63, 3.8) is 0 Å². The van der Waals surface area contributed by atoms with Crippen molar-refractivity contribution >= 4 is 23.6 Å². The van der Waals surface area contributed by atoms with Gasteiger partial charge in [-0.2, -0.15) is 0 Å². The summed E-state index contributed by atoms with van der Waals surface area (Å²) in [5, 5.41) is 40.9. The molecule has 3 unspecified atom stereocenters. The molecule has 0 radical (unpaired) electrons. The van der Waals surface area contributed by atoms with Crippen LogP contribution in [0.25, 0.3) is 11.0 Å². The topological polar surface area (TPSA) is 103 Å². The molecular weight excluding hydrogens is 371 g/mol. The Morgan fingerprint density at radius 1 is 1.21 bits per heavy atom. The molecule has 1 aromatic carbocycles. The second kappa shape index (κ2) is 6.71. The first-order chi connectivity index (χ1) is 13.6. The molecule has 4 rings (SSSR count). The predicted octanol–water partition coefficient (Wildman–Crippen LogP) is 3.60. The number of phenols is 2. The van der Waals surface area contributed by atoms with Crippen LogP contribution in [-0.2, 0) is 10.2 Å². The van der Waals surface area contributed by atoms with Gasteiger partial charge in [0.05, 0.1) is 11.7 Å². The average molecular weight is 400 g/mol. The lowest BCUT2D eigenvalue weighted by Gasteiger charge is -2.50. The molecule has 0 bridgehead atoms. The number of rotatable bonds is 3. The van der Waals surface area contributed by atoms with Crippen LogP contribution in [0.1, 0.15) is 70.3 Å². The van der Waals surface area contributed by atoms with E-state index in [1.54, 1.807) is 0 Å². The van der Waals surface area contributed by atoms with E-state index in [0.29, 0.717) is 17.1 Å². The molecule has 0 spiro atoms. The molecular formula is C22H29BO6. The molecule has 7 heteroatoms. The molecule has 1 aromatic heterocycles. The maximum atomic E-state index is 10.3. The highest BCUT2D eigenvalue weighted by atomic mass is 16.5. The third kappa shape index (κ3) is 2.86. The van der Waals surface area contributed by atoms with Crippen molar-refractivity contribution in [1.82, 2.24) is 0 Å². The Morgan fingerprint density at radius 2 is 1.93 bits per heavy atom. The number of fused-ring (bicyclic) bond motifs is 5. The van der Waals surface area contributed by atoms with Gasteiger partial charge in [0.25, 0.3) is 0 Å². The third-order valence-corrected chi connectivity index (χ3v) is 7.33. The van der Waals surface area contributed by atoms with E-state index in [0.717, 1.165) is 37.7 Å². The first-order valence-electron chi connectivity index (χ1n) is 10.3. The van der Waals surface area contributed by atoms with E-state index in [2.05, 4.69) is 27.4 Å². The fourth-order valence-corrected chi connectivity index (χ4v) is 6.13. The maximum Gasteiger partial charge on any atom is 0.496 e. The van der Waals surface area contributed by atoms with Crippen LogP contribution in [0.4, 0.5) is 0 Å². The van der Waals surface area contributed by atoms with Gasteiger partial charge < -0.3 is 29.4 Å². The van der Waals surface area contributed by atoms with Crippen LogP contribution >= 0.6 is 0 Å². The molecule has 4 N–H and O–H groups in total. The van der Waals surface area contributed by atoms with Gasteiger partial charge in [0.1, 0.15) is 11.3 Å². The molecule has 1 saturated carbocycles. The van der Waals surface area contributed by atoms with Gasteiger partial charge in [0, 0.05) is 16.4 Å². The van der Waals surface area contributed by atoms with Gasteiger partial charge in [-0.25, -0.2) is 0 Å². The van der Waals surface area contributed by atoms with Crippen LogP contribution in [0.5, 0.6) is 11.5 Å². The minimum Gasteiger partial charge on any atom is -0.504 e. The van der Waals surface area contributed by atoms with Crippen molar-refractivity contribution in [2.45, 2.75) is 64.4 Å². The summed E-state index contributed by atoms with van der Waals surface area (Å²) in [5.74, 6) is 0.00259. The number of hydrogen-bond acceptors (Lipinski definition) is 6. The zero-order valence-electron chi connectivity index (χ0n) is 17.2. The molecule has 6 nitrogen and oxygen atoms in total. The second-order valence-electron chi connectivity index (χ2n) is 9.43. The lowest BCUT2D eigenvalue weighted by atomic mass is 9.53. The van der Waals surface area contributed by atoms with E-state index in [4.69, 9.17) is 9.15 Å². The van der Waals surface area contributed by atoms with E-state index < -0.39 is 18.6 Å². The summed E-state index contributed by atoms with van der Waals surface area (Å²) >= 11 is 0. The smallest absolute Gasteiger partial charge is 0.496 e. The van der Waals surface area contributed by atoms with Crippen molar-refractivity contribution in [2.24, 2.45) is 11.3 Å². The molecule has 3 atom stereocenters. The fraction of sp³-hybridized carbons (Fsp3) is 0.545. The van der Waals surface area contributed by atoms with Crippen LogP contribution in [-0.4, -0.2) is 27.4 Å². The van der Waals surface area contributed by atoms with E-state index in [-0.39, 0.29) is 28.0 Å². The number of aromatic hydroxyl groups is 2. The van der Waals surface area contributed by atoms with Gasteiger partial charge in [0.15, 0.2) is 17.6 Å². The zero-order chi connectivity index (χ0) is 21.1. The lowest BCUT2D eigenvalue weighted by molar-refractivity contribution is 0.0428. The van der Waals surface area contributed by atoms with Gasteiger partial charge in [-0.3, -0.25) is 0 Å². The Hall–Kier alpha value is -2.12. The molecule has 29 heavy (non-hydrogen) atoms. The van der Waals surface area contributed by atoms with Crippen molar-refractivity contribution in [3.05, 3.63) is 30.2 Å². The molecule has 2 aromatic rings. The summed E-state index contributed by atoms with van der Waals surface area (Å²) in [6, 6.07) is 1.47. The quantitative estimate of drug-likeness (QED) is 0.357. The predicted molar refractivity (Wildman–Crippen MR) is 111 cm³/mol. The molecule has 1 fully saturated rings. The monoisotopic (exact) mass is 400 g/mol. The molecule has 0 aliphatic heterocycles. The normalized spacial score (nSPS) is 28.3. The first-order valence-corrected chi connectivity index (χ1v) is 10.3. The van der Waals surface area contributed by atoms with Crippen LogP contribution in [0.2, 0.25) is 0 Å². The lowest BCUT2D eigenvalue weighted by Crippen LogP contribution is -2.44. The summed E-state index contributed by atoms with van der Waals surface area (Å²) in [6.45, 7) is 10.5. The van der Waals surface area contributed by atoms with Gasteiger partial charge >= 0.3 is 7.12 Å². The van der Waals surface area contributed by atoms with Crippen LogP contribution in [0, 0.1) is 11.3 Å². The summed E-state index contributed by atoms with van der Waals surface area (Å²) in [7, 11) is -1.98. The summed E-state index contributed by atoms with van der Waals surface area (Å²) in [5.41, 5.74) is 0.786. The maximum absolute atomic E-state index is 10.3. The third-order valence-electron chi connectivity index (χ3n) is 7.33. The van der Waals surface area contributed by atoms with E-state index in [9.17, 15) is 20.3 Å². The van der Waals surface area contributed by atoms with Crippen molar-refractivity contribution in [1.29, 1.82) is 0 Å². The highest BCUT2D eigenvalue weighted by molar-refractivity contribution is 6.63. The number of furan rings is 1. The Bertz CT molecular complexity index is 962. The SMILES string of the molecule is C=COC1CCC2C(C)(C)CCCC2(C)c2c1oc1c(B(O)O)c(O)c(O)cc21. The Balaban J connectivity index is 2.08. The number of benzene rings is 1. The number of phenolic OH excluding ortho intramolecular Hbond substituents is 2. The molecule has 156 valence electrons. The summed E-state index contributed by atoms with van der Waals surface area (Å²) in [6.07, 6.45) is 5.92. The standard InChI is InChI=1S/C22H29BO6/c1-5-28-14-7-8-15-21(2,3)9-6-10-22(15,4)16-12-11-13(24)18(25)17(23(26)27)19(12)29-20(14)16/h5,11,14-15,24-27H,1,6-10H2,2-4H3. The Kier molecular flexibility index (Phi) is 4.67. The molecule has 0 amide bonds. The number of hydrogen-bond donors (Lipinski definition) is 4. The molecule has 2 aliphatic carbocycles. The Morgan fingerprint density at radius 3 is 2.59 bits per heavy atom. The van der Waals surface area contributed by atoms with E-state index in [1.807, 2.05) is 0 Å². The largest absolute Gasteiger partial charge is 0.504 e. The van der Waals surface area contributed by atoms with Gasteiger partial charge in [0.2, 0.25) is 0 Å². The highest BCUT2D eigenvalue weighted by Gasteiger charge is 2.52. The minimum atomic E-state index is -1.98. The average Bonchev–Trinajstić information content (AvgIpc) is 2.93. The molecule has 1 heterocycles. The highest BCUT2D eigenvalue weighted by Crippen LogP contribution is 2.60. The molecule has 2 aliphatic rings. The minimum absolute atomic E-state index is 0.120.